The van der Waals surface area contributed by atoms with Crippen molar-refractivity contribution in [3.8, 4) is 0 Å². The maximum absolute atomic E-state index is 9.26. The van der Waals surface area contributed by atoms with Gasteiger partial charge in [0.1, 0.15) is 6.79 Å². The molecule has 0 aromatic heterocycles. The van der Waals surface area contributed by atoms with Gasteiger partial charge in [0.05, 0.1) is 6.10 Å². The predicted molar refractivity (Wildman–Crippen MR) is 84.8 cm³/mol. The Labute approximate surface area is 126 Å². The van der Waals surface area contributed by atoms with Crippen LogP contribution < -0.4 is 0 Å². The Hall–Kier alpha value is -0.120. The number of hydrogen-bond acceptors (Lipinski definition) is 3. The van der Waals surface area contributed by atoms with Crippen molar-refractivity contribution < 1.29 is 14.6 Å². The van der Waals surface area contributed by atoms with E-state index in [4.69, 9.17) is 9.47 Å². The standard InChI is InChI=1S/C17H36O3/c1-4-5-6-7-8-9-12-19-15-20-13-10-11-16(2)14-17(3)18/h16-18H,4-15H2,1-3H3. The molecule has 0 saturated heterocycles. The Morgan fingerprint density at radius 3 is 2.10 bits per heavy atom. The normalized spacial score (nSPS) is 14.4. The van der Waals surface area contributed by atoms with E-state index in [9.17, 15) is 5.11 Å². The fourth-order valence-corrected chi connectivity index (χ4v) is 2.40. The lowest BCUT2D eigenvalue weighted by molar-refractivity contribution is -0.0562. The number of ether oxygens (including phenoxy) is 2. The molecule has 1 N–H and O–H groups in total. The first-order chi connectivity index (χ1) is 9.66. The maximum atomic E-state index is 9.26. The van der Waals surface area contributed by atoms with Crippen molar-refractivity contribution in [1.82, 2.24) is 0 Å². The molecule has 0 aromatic rings. The summed E-state index contributed by atoms with van der Waals surface area (Å²) in [6.45, 7) is 8.29. The minimum atomic E-state index is -0.188. The topological polar surface area (TPSA) is 38.7 Å². The SMILES string of the molecule is CCCCCCCCOCOCCCC(C)CC(C)O. The lowest BCUT2D eigenvalue weighted by Crippen LogP contribution is -2.09. The Balaban J connectivity index is 3.06. The number of unbranched alkanes of at least 4 members (excludes halogenated alkanes) is 5. The molecule has 3 nitrogen and oxygen atoms in total. The summed E-state index contributed by atoms with van der Waals surface area (Å²) in [5.41, 5.74) is 0. The van der Waals surface area contributed by atoms with E-state index in [2.05, 4.69) is 13.8 Å². The molecule has 0 aliphatic heterocycles. The third kappa shape index (κ3) is 15.9. The van der Waals surface area contributed by atoms with Gasteiger partial charge in [-0.15, -0.1) is 0 Å². The predicted octanol–water partition coefficient (Wildman–Crippen LogP) is 4.52. The molecular weight excluding hydrogens is 252 g/mol. The molecule has 3 heteroatoms. The van der Waals surface area contributed by atoms with E-state index >= 15 is 0 Å². The van der Waals surface area contributed by atoms with Crippen LogP contribution in [0.15, 0.2) is 0 Å². The van der Waals surface area contributed by atoms with E-state index in [1.54, 1.807) is 0 Å². The Kier molecular flexibility index (Phi) is 15.2. The summed E-state index contributed by atoms with van der Waals surface area (Å²) in [5.74, 6) is 0.572. The molecule has 0 fully saturated rings. The molecule has 2 unspecified atom stereocenters. The first-order valence-electron chi connectivity index (χ1n) is 8.50. The van der Waals surface area contributed by atoms with Crippen LogP contribution in [0.2, 0.25) is 0 Å². The third-order valence-corrected chi connectivity index (χ3v) is 3.54. The molecule has 2 atom stereocenters. The summed E-state index contributed by atoms with van der Waals surface area (Å²) in [7, 11) is 0. The second-order valence-electron chi connectivity index (χ2n) is 6.03. The zero-order chi connectivity index (χ0) is 15.1. The minimum Gasteiger partial charge on any atom is -0.393 e. The van der Waals surface area contributed by atoms with Crippen LogP contribution in [0, 0.1) is 5.92 Å². The largest absolute Gasteiger partial charge is 0.393 e. The van der Waals surface area contributed by atoms with E-state index < -0.39 is 0 Å². The Bertz CT molecular complexity index is 183. The molecular formula is C17H36O3. The molecule has 0 radical (unpaired) electrons. The van der Waals surface area contributed by atoms with Crippen molar-refractivity contribution in [1.29, 1.82) is 0 Å². The fourth-order valence-electron chi connectivity index (χ4n) is 2.40. The molecule has 0 bridgehead atoms. The second-order valence-corrected chi connectivity index (χ2v) is 6.03. The molecule has 0 heterocycles. The number of aliphatic hydroxyl groups excluding tert-OH is 1. The fraction of sp³-hybridized carbons (Fsp3) is 1.00. The molecule has 0 aliphatic rings. The average Bonchev–Trinajstić information content (AvgIpc) is 2.39. The molecule has 0 spiro atoms. The highest BCUT2D eigenvalue weighted by molar-refractivity contribution is 4.57. The molecule has 0 saturated carbocycles. The van der Waals surface area contributed by atoms with Crippen molar-refractivity contribution in [2.45, 2.75) is 84.7 Å². The lowest BCUT2D eigenvalue weighted by Gasteiger charge is -2.13. The lowest BCUT2D eigenvalue weighted by atomic mass is 9.99. The first kappa shape index (κ1) is 19.9. The van der Waals surface area contributed by atoms with Gasteiger partial charge in [-0.05, 0) is 38.5 Å². The van der Waals surface area contributed by atoms with Gasteiger partial charge in [0, 0.05) is 13.2 Å². The van der Waals surface area contributed by atoms with Crippen molar-refractivity contribution >= 4 is 0 Å². The van der Waals surface area contributed by atoms with Gasteiger partial charge in [0.25, 0.3) is 0 Å². The number of aliphatic hydroxyl groups is 1. The van der Waals surface area contributed by atoms with Crippen LogP contribution in [0.3, 0.4) is 0 Å². The van der Waals surface area contributed by atoms with Crippen molar-refractivity contribution in [2.24, 2.45) is 5.92 Å². The van der Waals surface area contributed by atoms with Crippen LogP contribution in [0.25, 0.3) is 0 Å². The third-order valence-electron chi connectivity index (χ3n) is 3.54. The molecule has 0 rings (SSSR count). The molecule has 20 heavy (non-hydrogen) atoms. The van der Waals surface area contributed by atoms with Crippen LogP contribution in [0.5, 0.6) is 0 Å². The zero-order valence-electron chi connectivity index (χ0n) is 13.9. The van der Waals surface area contributed by atoms with Crippen molar-refractivity contribution in [3.63, 3.8) is 0 Å². The van der Waals surface area contributed by atoms with E-state index in [0.717, 1.165) is 38.9 Å². The molecule has 0 amide bonds. The Morgan fingerprint density at radius 1 is 0.850 bits per heavy atom. The summed E-state index contributed by atoms with van der Waals surface area (Å²) in [6, 6.07) is 0. The van der Waals surface area contributed by atoms with E-state index in [0.29, 0.717) is 12.7 Å². The molecule has 122 valence electrons. The van der Waals surface area contributed by atoms with E-state index in [1.165, 1.54) is 32.1 Å². The van der Waals surface area contributed by atoms with Crippen LogP contribution in [0.4, 0.5) is 0 Å². The highest BCUT2D eigenvalue weighted by atomic mass is 16.7. The van der Waals surface area contributed by atoms with Gasteiger partial charge in [-0.3, -0.25) is 0 Å². The van der Waals surface area contributed by atoms with E-state index in [-0.39, 0.29) is 6.10 Å². The van der Waals surface area contributed by atoms with Crippen molar-refractivity contribution in [3.05, 3.63) is 0 Å². The Morgan fingerprint density at radius 2 is 1.45 bits per heavy atom. The quantitative estimate of drug-likeness (QED) is 0.355. The van der Waals surface area contributed by atoms with E-state index in [1.807, 2.05) is 6.92 Å². The summed E-state index contributed by atoms with van der Waals surface area (Å²) >= 11 is 0. The van der Waals surface area contributed by atoms with Crippen LogP contribution in [-0.2, 0) is 9.47 Å². The first-order valence-corrected chi connectivity index (χ1v) is 8.50. The van der Waals surface area contributed by atoms with Gasteiger partial charge < -0.3 is 14.6 Å². The van der Waals surface area contributed by atoms with Crippen LogP contribution >= 0.6 is 0 Å². The van der Waals surface area contributed by atoms with Crippen molar-refractivity contribution in [2.75, 3.05) is 20.0 Å². The van der Waals surface area contributed by atoms with Crippen LogP contribution in [-0.4, -0.2) is 31.2 Å². The van der Waals surface area contributed by atoms with Gasteiger partial charge in [-0.25, -0.2) is 0 Å². The molecule has 0 aliphatic carbocycles. The van der Waals surface area contributed by atoms with Gasteiger partial charge in [0.15, 0.2) is 0 Å². The van der Waals surface area contributed by atoms with Crippen LogP contribution in [0.1, 0.15) is 78.6 Å². The van der Waals surface area contributed by atoms with Gasteiger partial charge >= 0.3 is 0 Å². The second kappa shape index (κ2) is 15.3. The monoisotopic (exact) mass is 288 g/mol. The summed E-state index contributed by atoms with van der Waals surface area (Å²) in [5, 5.41) is 9.26. The number of hydrogen-bond donors (Lipinski definition) is 1. The highest BCUT2D eigenvalue weighted by Gasteiger charge is 2.05. The summed E-state index contributed by atoms with van der Waals surface area (Å²) < 4.78 is 10.9. The van der Waals surface area contributed by atoms with Gasteiger partial charge in [0.2, 0.25) is 0 Å². The number of rotatable bonds is 15. The zero-order valence-corrected chi connectivity index (χ0v) is 13.9. The average molecular weight is 288 g/mol. The smallest absolute Gasteiger partial charge is 0.146 e. The molecule has 0 aromatic carbocycles. The maximum Gasteiger partial charge on any atom is 0.146 e. The highest BCUT2D eigenvalue weighted by Crippen LogP contribution is 2.12. The summed E-state index contributed by atoms with van der Waals surface area (Å²) in [4.78, 5) is 0. The minimum absolute atomic E-state index is 0.188. The van der Waals surface area contributed by atoms with Gasteiger partial charge in [-0.1, -0.05) is 46.0 Å². The van der Waals surface area contributed by atoms with Gasteiger partial charge in [-0.2, -0.15) is 0 Å². The summed E-state index contributed by atoms with van der Waals surface area (Å²) in [6.07, 6.45) is 10.6.